The molecule has 6 heteroatoms. The molecule has 0 bridgehead atoms. The smallest absolute Gasteiger partial charge is 0.234 e. The van der Waals surface area contributed by atoms with E-state index in [-0.39, 0.29) is 17.6 Å². The molecule has 0 atom stereocenters. The third-order valence-electron chi connectivity index (χ3n) is 4.66. The molecule has 0 radical (unpaired) electrons. The third kappa shape index (κ3) is 5.35. The van der Waals surface area contributed by atoms with E-state index in [4.69, 9.17) is 4.98 Å². The van der Waals surface area contributed by atoms with Gasteiger partial charge in [-0.1, -0.05) is 24.8 Å². The van der Waals surface area contributed by atoms with Crippen molar-refractivity contribution in [3.05, 3.63) is 59.2 Å². The van der Waals surface area contributed by atoms with E-state index in [1.165, 1.54) is 29.8 Å². The number of carbonyl (C=O) groups excluding carboxylic acids is 2. The van der Waals surface area contributed by atoms with Crippen LogP contribution in [0.25, 0.3) is 10.9 Å². The number of hydrogen-bond donors (Lipinski definition) is 2. The lowest BCUT2D eigenvalue weighted by molar-refractivity contribution is -0.114. The molecular formula is C23H25N3O2S. The molecule has 1 heterocycles. The van der Waals surface area contributed by atoms with Gasteiger partial charge in [-0.15, -0.1) is 0 Å². The number of anilines is 2. The predicted molar refractivity (Wildman–Crippen MR) is 121 cm³/mol. The van der Waals surface area contributed by atoms with Crippen molar-refractivity contribution in [3.63, 3.8) is 0 Å². The summed E-state index contributed by atoms with van der Waals surface area (Å²) in [4.78, 5) is 28.4. The first-order valence-electron chi connectivity index (χ1n) is 9.57. The largest absolute Gasteiger partial charge is 0.326 e. The average molecular weight is 408 g/mol. The van der Waals surface area contributed by atoms with Gasteiger partial charge in [0.05, 0.1) is 11.3 Å². The van der Waals surface area contributed by atoms with Crippen LogP contribution in [0.5, 0.6) is 0 Å². The Labute approximate surface area is 175 Å². The van der Waals surface area contributed by atoms with Crippen LogP contribution in [0.4, 0.5) is 11.4 Å². The van der Waals surface area contributed by atoms with Crippen molar-refractivity contribution in [2.75, 3.05) is 16.4 Å². The first-order valence-corrected chi connectivity index (χ1v) is 10.6. The summed E-state index contributed by atoms with van der Waals surface area (Å²) in [6.45, 7) is 7.74. The number of nitrogens with one attached hydrogen (secondary N) is 2. The molecular weight excluding hydrogens is 382 g/mol. The first kappa shape index (κ1) is 20.9. The minimum Gasteiger partial charge on any atom is -0.326 e. The zero-order valence-electron chi connectivity index (χ0n) is 17.1. The second-order valence-electron chi connectivity index (χ2n) is 7.03. The van der Waals surface area contributed by atoms with Crippen molar-refractivity contribution in [2.24, 2.45) is 0 Å². The van der Waals surface area contributed by atoms with Crippen LogP contribution < -0.4 is 10.6 Å². The Hall–Kier alpha value is -2.86. The maximum atomic E-state index is 12.4. The summed E-state index contributed by atoms with van der Waals surface area (Å²) in [5.41, 5.74) is 5.86. The first-order chi connectivity index (χ1) is 13.9. The van der Waals surface area contributed by atoms with Crippen LogP contribution in [0, 0.1) is 13.8 Å². The van der Waals surface area contributed by atoms with Crippen molar-refractivity contribution in [1.29, 1.82) is 0 Å². The number of benzene rings is 2. The molecule has 2 aromatic carbocycles. The van der Waals surface area contributed by atoms with Crippen molar-refractivity contribution in [3.8, 4) is 0 Å². The number of rotatable bonds is 6. The molecule has 0 aliphatic carbocycles. The summed E-state index contributed by atoms with van der Waals surface area (Å²) in [5, 5.41) is 7.62. The van der Waals surface area contributed by atoms with E-state index in [0.717, 1.165) is 27.9 Å². The van der Waals surface area contributed by atoms with Crippen LogP contribution in [0.2, 0.25) is 0 Å². The molecule has 2 N–H and O–H groups in total. The van der Waals surface area contributed by atoms with Crippen molar-refractivity contribution in [1.82, 2.24) is 4.98 Å². The van der Waals surface area contributed by atoms with Crippen LogP contribution in [-0.2, 0) is 16.0 Å². The molecule has 3 aromatic rings. The fourth-order valence-corrected chi connectivity index (χ4v) is 3.95. The van der Waals surface area contributed by atoms with E-state index in [0.29, 0.717) is 11.4 Å². The van der Waals surface area contributed by atoms with Gasteiger partial charge in [-0.3, -0.25) is 9.59 Å². The number of aryl methyl sites for hydroxylation is 3. The summed E-state index contributed by atoms with van der Waals surface area (Å²) in [7, 11) is 0. The Morgan fingerprint density at radius 2 is 1.69 bits per heavy atom. The van der Waals surface area contributed by atoms with Gasteiger partial charge in [0.2, 0.25) is 11.8 Å². The van der Waals surface area contributed by atoms with Gasteiger partial charge in [0.1, 0.15) is 5.03 Å². The molecule has 0 spiro atoms. The van der Waals surface area contributed by atoms with Gasteiger partial charge >= 0.3 is 0 Å². The monoisotopic (exact) mass is 407 g/mol. The average Bonchev–Trinajstić information content (AvgIpc) is 2.66. The topological polar surface area (TPSA) is 71.1 Å². The Morgan fingerprint density at radius 1 is 1.00 bits per heavy atom. The summed E-state index contributed by atoms with van der Waals surface area (Å²) in [6, 6.07) is 13.5. The van der Waals surface area contributed by atoms with Crippen molar-refractivity contribution < 1.29 is 9.59 Å². The highest BCUT2D eigenvalue weighted by molar-refractivity contribution is 8.00. The number of amides is 2. The Morgan fingerprint density at radius 3 is 2.38 bits per heavy atom. The van der Waals surface area contributed by atoms with Gasteiger partial charge in [0.15, 0.2) is 0 Å². The molecule has 2 amide bonds. The van der Waals surface area contributed by atoms with Crippen LogP contribution in [0.3, 0.4) is 0 Å². The number of nitrogens with zero attached hydrogens (tertiary/aromatic N) is 1. The quantitative estimate of drug-likeness (QED) is 0.558. The van der Waals surface area contributed by atoms with Crippen LogP contribution in [0.1, 0.15) is 30.5 Å². The van der Waals surface area contributed by atoms with Gasteiger partial charge in [0, 0.05) is 23.7 Å². The molecule has 29 heavy (non-hydrogen) atoms. The minimum absolute atomic E-state index is 0.112. The van der Waals surface area contributed by atoms with Gasteiger partial charge in [0.25, 0.3) is 0 Å². The van der Waals surface area contributed by atoms with Crippen molar-refractivity contribution in [2.45, 2.75) is 39.1 Å². The molecule has 0 aliphatic heterocycles. The number of fused-ring (bicyclic) bond motifs is 1. The van der Waals surface area contributed by atoms with E-state index in [1.54, 1.807) is 24.3 Å². The molecule has 5 nitrogen and oxygen atoms in total. The molecule has 0 aliphatic rings. The molecule has 1 aromatic heterocycles. The lowest BCUT2D eigenvalue weighted by Crippen LogP contribution is -2.15. The van der Waals surface area contributed by atoms with Crippen LogP contribution >= 0.6 is 11.8 Å². The summed E-state index contributed by atoms with van der Waals surface area (Å²) in [5.74, 6) is 0.00344. The Balaban J connectivity index is 1.72. The van der Waals surface area contributed by atoms with E-state index in [2.05, 4.69) is 49.6 Å². The summed E-state index contributed by atoms with van der Waals surface area (Å²) in [6.07, 6.45) is 0.860. The third-order valence-corrected chi connectivity index (χ3v) is 5.69. The van der Waals surface area contributed by atoms with E-state index >= 15 is 0 Å². The van der Waals surface area contributed by atoms with Crippen molar-refractivity contribution >= 4 is 45.9 Å². The normalized spacial score (nSPS) is 10.8. The molecule has 3 rings (SSSR count). The standard InChI is InChI=1S/C23H25N3O2S/c1-5-17-11-18-9-14(2)15(3)10-21(18)26-23(17)29-13-22(28)25-20-8-6-7-19(12-20)24-16(4)27/h6-12H,5,13H2,1-4H3,(H,24,27)(H,25,28). The van der Waals surface area contributed by atoms with E-state index in [1.807, 2.05) is 0 Å². The zero-order valence-corrected chi connectivity index (χ0v) is 17.9. The Kier molecular flexibility index (Phi) is 6.54. The fourth-order valence-electron chi connectivity index (χ4n) is 3.05. The molecule has 0 saturated carbocycles. The summed E-state index contributed by atoms with van der Waals surface area (Å²) < 4.78 is 0. The van der Waals surface area contributed by atoms with E-state index < -0.39 is 0 Å². The zero-order chi connectivity index (χ0) is 21.0. The lowest BCUT2D eigenvalue weighted by Gasteiger charge is -2.11. The second-order valence-corrected chi connectivity index (χ2v) is 8.00. The highest BCUT2D eigenvalue weighted by Gasteiger charge is 2.11. The summed E-state index contributed by atoms with van der Waals surface area (Å²) >= 11 is 1.45. The van der Waals surface area contributed by atoms with Gasteiger partial charge in [-0.25, -0.2) is 4.98 Å². The molecule has 0 fully saturated rings. The van der Waals surface area contributed by atoms with E-state index in [9.17, 15) is 9.59 Å². The highest BCUT2D eigenvalue weighted by Crippen LogP contribution is 2.27. The minimum atomic E-state index is -0.149. The molecule has 0 saturated heterocycles. The SMILES string of the molecule is CCc1cc2cc(C)c(C)cc2nc1SCC(=O)Nc1cccc(NC(C)=O)c1. The van der Waals surface area contributed by atoms with Gasteiger partial charge in [-0.05, 0) is 73.4 Å². The van der Waals surface area contributed by atoms with Crippen LogP contribution in [-0.4, -0.2) is 22.6 Å². The highest BCUT2D eigenvalue weighted by atomic mass is 32.2. The number of hydrogen-bond acceptors (Lipinski definition) is 4. The Bertz CT molecular complexity index is 1080. The molecule has 150 valence electrons. The fraction of sp³-hybridized carbons (Fsp3) is 0.261. The molecule has 0 unspecified atom stereocenters. The lowest BCUT2D eigenvalue weighted by atomic mass is 10.0. The maximum Gasteiger partial charge on any atom is 0.234 e. The number of thioether (sulfide) groups is 1. The number of aromatic nitrogens is 1. The maximum absolute atomic E-state index is 12.4. The second kappa shape index (κ2) is 9.09. The number of pyridine rings is 1. The number of carbonyl (C=O) groups is 2. The van der Waals surface area contributed by atoms with Crippen LogP contribution in [0.15, 0.2) is 47.5 Å². The van der Waals surface area contributed by atoms with Gasteiger partial charge < -0.3 is 10.6 Å². The van der Waals surface area contributed by atoms with Gasteiger partial charge in [-0.2, -0.15) is 0 Å². The predicted octanol–water partition coefficient (Wildman–Crippen LogP) is 5.10.